The van der Waals surface area contributed by atoms with Gasteiger partial charge in [-0.3, -0.25) is 4.98 Å². The van der Waals surface area contributed by atoms with Gasteiger partial charge in [-0.2, -0.15) is 18.2 Å². The number of benzene rings is 1. The molecule has 0 saturated heterocycles. The SMILES string of the molecule is CC(C)(C)OC(=O)NCc1cnc(C2CC2)c(C(N)=NC(=O)Nc2ccc(C(F)(F)F)cc2)c1. The molecule has 1 fully saturated rings. The highest BCUT2D eigenvalue weighted by Gasteiger charge is 2.30. The summed E-state index contributed by atoms with van der Waals surface area (Å²) in [7, 11) is 0. The molecule has 11 heteroatoms. The van der Waals surface area contributed by atoms with E-state index in [1.54, 1.807) is 33.0 Å². The molecule has 8 nitrogen and oxygen atoms in total. The second-order valence-electron chi connectivity index (χ2n) is 8.91. The summed E-state index contributed by atoms with van der Waals surface area (Å²) in [5, 5.41) is 5.03. The van der Waals surface area contributed by atoms with Crippen molar-refractivity contribution in [1.82, 2.24) is 10.3 Å². The average Bonchev–Trinajstić information content (AvgIpc) is 3.55. The number of rotatable bonds is 5. The molecule has 1 aliphatic rings. The highest BCUT2D eigenvalue weighted by atomic mass is 19.4. The molecule has 0 aliphatic heterocycles. The second-order valence-corrected chi connectivity index (χ2v) is 8.91. The molecule has 1 aliphatic carbocycles. The number of aliphatic imine (C=N–C) groups is 1. The lowest BCUT2D eigenvalue weighted by molar-refractivity contribution is -0.137. The predicted molar refractivity (Wildman–Crippen MR) is 120 cm³/mol. The van der Waals surface area contributed by atoms with Gasteiger partial charge in [-0.05, 0) is 69.5 Å². The van der Waals surface area contributed by atoms with Gasteiger partial charge in [-0.15, -0.1) is 0 Å². The topological polar surface area (TPSA) is 119 Å². The maximum Gasteiger partial charge on any atom is 0.416 e. The summed E-state index contributed by atoms with van der Waals surface area (Å²) in [6.45, 7) is 5.39. The summed E-state index contributed by atoms with van der Waals surface area (Å²) in [5.74, 6) is 0.118. The molecule has 0 radical (unpaired) electrons. The third-order valence-electron chi connectivity index (χ3n) is 4.74. The molecule has 0 spiro atoms. The molecule has 1 saturated carbocycles. The number of amides is 3. The van der Waals surface area contributed by atoms with Crippen LogP contribution in [0.15, 0.2) is 41.5 Å². The first kappa shape index (κ1) is 25.0. The second kappa shape index (κ2) is 9.70. The van der Waals surface area contributed by atoms with Crippen LogP contribution in [-0.2, 0) is 17.5 Å². The zero-order chi connectivity index (χ0) is 25.1. The van der Waals surface area contributed by atoms with Crippen molar-refractivity contribution in [3.8, 4) is 0 Å². The minimum Gasteiger partial charge on any atom is -0.444 e. The fraction of sp³-hybridized carbons (Fsp3) is 0.391. The number of carbonyl (C=O) groups is 2. The van der Waals surface area contributed by atoms with Gasteiger partial charge in [0.05, 0.1) is 11.3 Å². The Morgan fingerprint density at radius 3 is 2.38 bits per heavy atom. The van der Waals surface area contributed by atoms with Crippen LogP contribution in [0.5, 0.6) is 0 Å². The van der Waals surface area contributed by atoms with Gasteiger partial charge in [0.25, 0.3) is 0 Å². The molecule has 1 aromatic carbocycles. The van der Waals surface area contributed by atoms with Crippen LogP contribution >= 0.6 is 0 Å². The third-order valence-corrected chi connectivity index (χ3v) is 4.74. The molecule has 2 aromatic rings. The summed E-state index contributed by atoms with van der Waals surface area (Å²) >= 11 is 0. The number of alkyl halides is 3. The van der Waals surface area contributed by atoms with Crippen LogP contribution in [0.4, 0.5) is 28.4 Å². The Balaban J connectivity index is 1.72. The monoisotopic (exact) mass is 477 g/mol. The first-order valence-electron chi connectivity index (χ1n) is 10.6. The number of nitrogens with two attached hydrogens (primary N) is 1. The van der Waals surface area contributed by atoms with Crippen molar-refractivity contribution in [2.45, 2.75) is 57.9 Å². The number of nitrogens with zero attached hydrogens (tertiary/aromatic N) is 2. The molecule has 0 unspecified atom stereocenters. The fourth-order valence-corrected chi connectivity index (χ4v) is 3.05. The molecular formula is C23H26F3N5O3. The average molecular weight is 477 g/mol. The van der Waals surface area contributed by atoms with E-state index in [0.29, 0.717) is 16.8 Å². The van der Waals surface area contributed by atoms with E-state index in [1.807, 2.05) is 0 Å². The van der Waals surface area contributed by atoms with Crippen LogP contribution in [-0.4, -0.2) is 28.5 Å². The Hall–Kier alpha value is -3.63. The summed E-state index contributed by atoms with van der Waals surface area (Å²) in [5.41, 5.74) is 6.57. The number of urea groups is 1. The molecule has 0 atom stereocenters. The van der Waals surface area contributed by atoms with Crippen molar-refractivity contribution in [1.29, 1.82) is 0 Å². The zero-order valence-electron chi connectivity index (χ0n) is 19.0. The third kappa shape index (κ3) is 7.19. The van der Waals surface area contributed by atoms with Crippen molar-refractivity contribution in [2.24, 2.45) is 10.7 Å². The molecule has 3 rings (SSSR count). The molecule has 4 N–H and O–H groups in total. The molecule has 1 heterocycles. The van der Waals surface area contributed by atoms with Crippen LogP contribution in [0.1, 0.15) is 61.9 Å². The lowest BCUT2D eigenvalue weighted by Gasteiger charge is -2.19. The van der Waals surface area contributed by atoms with Crippen molar-refractivity contribution >= 4 is 23.6 Å². The molecule has 1 aromatic heterocycles. The number of aromatic nitrogens is 1. The normalized spacial score (nSPS) is 14.5. The molecule has 0 bridgehead atoms. The molecular weight excluding hydrogens is 451 g/mol. The zero-order valence-corrected chi connectivity index (χ0v) is 19.0. The van der Waals surface area contributed by atoms with Gasteiger partial charge in [0.2, 0.25) is 0 Å². The first-order chi connectivity index (χ1) is 15.8. The number of alkyl carbamates (subject to hydrolysis) is 1. The highest BCUT2D eigenvalue weighted by molar-refractivity contribution is 6.07. The number of halogens is 3. The van der Waals surface area contributed by atoms with Crippen LogP contribution < -0.4 is 16.4 Å². The van der Waals surface area contributed by atoms with Crippen LogP contribution in [0.25, 0.3) is 0 Å². The number of amidine groups is 1. The van der Waals surface area contributed by atoms with E-state index in [-0.39, 0.29) is 24.0 Å². The van der Waals surface area contributed by atoms with E-state index in [1.165, 1.54) is 0 Å². The maximum absolute atomic E-state index is 12.7. The number of carbonyl (C=O) groups excluding carboxylic acids is 2. The standard InChI is InChI=1S/C23H26F3N5O3/c1-22(2,3)34-21(33)29-12-13-10-17(18(28-11-13)14-4-5-14)19(27)31-20(32)30-16-8-6-15(7-9-16)23(24,25)26/h6-11,14H,4-5,12H2,1-3H3,(H,29,33)(H3,27,30,31,32). The first-order valence-corrected chi connectivity index (χ1v) is 10.6. The molecule has 3 amide bonds. The number of hydrogen-bond acceptors (Lipinski definition) is 4. The van der Waals surface area contributed by atoms with E-state index in [9.17, 15) is 22.8 Å². The number of ether oxygens (including phenoxy) is 1. The Morgan fingerprint density at radius 1 is 1.18 bits per heavy atom. The van der Waals surface area contributed by atoms with E-state index in [4.69, 9.17) is 10.5 Å². The van der Waals surface area contributed by atoms with Gasteiger partial charge in [-0.1, -0.05) is 0 Å². The molecule has 34 heavy (non-hydrogen) atoms. The van der Waals surface area contributed by atoms with E-state index < -0.39 is 29.5 Å². The van der Waals surface area contributed by atoms with Crippen molar-refractivity contribution in [2.75, 3.05) is 5.32 Å². The number of anilines is 1. The summed E-state index contributed by atoms with van der Waals surface area (Å²) < 4.78 is 43.3. The minimum atomic E-state index is -4.47. The van der Waals surface area contributed by atoms with Crippen molar-refractivity contribution < 1.29 is 27.5 Å². The van der Waals surface area contributed by atoms with Gasteiger partial charge in [0.1, 0.15) is 11.4 Å². The highest BCUT2D eigenvalue weighted by Crippen LogP contribution is 2.40. The molecule has 182 valence electrons. The van der Waals surface area contributed by atoms with E-state index in [2.05, 4.69) is 20.6 Å². The van der Waals surface area contributed by atoms with Crippen molar-refractivity contribution in [3.63, 3.8) is 0 Å². The Kier molecular flexibility index (Phi) is 7.13. The van der Waals surface area contributed by atoms with Gasteiger partial charge < -0.3 is 21.1 Å². The van der Waals surface area contributed by atoms with E-state index >= 15 is 0 Å². The van der Waals surface area contributed by atoms with Gasteiger partial charge in [0, 0.05) is 29.9 Å². The van der Waals surface area contributed by atoms with Crippen LogP contribution in [0, 0.1) is 0 Å². The number of nitrogens with one attached hydrogen (secondary N) is 2. The summed E-state index contributed by atoms with van der Waals surface area (Å²) in [6.07, 6.45) is -1.58. The Bertz CT molecular complexity index is 1090. The van der Waals surface area contributed by atoms with Gasteiger partial charge >= 0.3 is 18.3 Å². The van der Waals surface area contributed by atoms with Crippen molar-refractivity contribution in [3.05, 3.63) is 58.9 Å². The summed E-state index contributed by atoms with van der Waals surface area (Å²) in [6, 6.07) is 4.84. The minimum absolute atomic E-state index is 0.0853. The van der Waals surface area contributed by atoms with Gasteiger partial charge in [0.15, 0.2) is 0 Å². The Labute approximate surface area is 194 Å². The van der Waals surface area contributed by atoms with Crippen LogP contribution in [0.3, 0.4) is 0 Å². The van der Waals surface area contributed by atoms with Gasteiger partial charge in [-0.25, -0.2) is 9.59 Å². The smallest absolute Gasteiger partial charge is 0.416 e. The predicted octanol–water partition coefficient (Wildman–Crippen LogP) is 4.94. The lowest BCUT2D eigenvalue weighted by Crippen LogP contribution is -2.32. The maximum atomic E-state index is 12.7. The van der Waals surface area contributed by atoms with E-state index in [0.717, 1.165) is 37.1 Å². The number of hydrogen-bond donors (Lipinski definition) is 3. The quantitative estimate of drug-likeness (QED) is 0.416. The Morgan fingerprint density at radius 2 is 1.82 bits per heavy atom. The largest absolute Gasteiger partial charge is 0.444 e. The lowest BCUT2D eigenvalue weighted by atomic mass is 10.1. The summed E-state index contributed by atoms with van der Waals surface area (Å²) in [4.78, 5) is 32.5. The fourth-order valence-electron chi connectivity index (χ4n) is 3.05. The number of pyridine rings is 1. The van der Waals surface area contributed by atoms with Crippen LogP contribution in [0.2, 0.25) is 0 Å².